The first-order valence-corrected chi connectivity index (χ1v) is 7.77. The molecule has 0 aliphatic heterocycles. The molecule has 0 amide bonds. The quantitative estimate of drug-likeness (QED) is 0.804. The maximum absolute atomic E-state index is 12.6. The summed E-state index contributed by atoms with van der Waals surface area (Å²) in [5, 5.41) is 0. The van der Waals surface area contributed by atoms with Crippen molar-refractivity contribution in [3.05, 3.63) is 34.9 Å². The van der Waals surface area contributed by atoms with Crippen LogP contribution in [0.25, 0.3) is 0 Å². The van der Waals surface area contributed by atoms with E-state index in [-0.39, 0.29) is 0 Å². The van der Waals surface area contributed by atoms with Gasteiger partial charge in [-0.15, -0.1) is 0 Å². The van der Waals surface area contributed by atoms with E-state index in [0.717, 1.165) is 16.7 Å². The highest BCUT2D eigenvalue weighted by atomic mass is 31.2. The third-order valence-corrected chi connectivity index (χ3v) is 4.90. The highest BCUT2D eigenvalue weighted by Crippen LogP contribution is 2.58. The van der Waals surface area contributed by atoms with Crippen molar-refractivity contribution >= 4 is 7.60 Å². The third kappa shape index (κ3) is 3.42. The van der Waals surface area contributed by atoms with E-state index in [1.54, 1.807) is 13.8 Å². The summed E-state index contributed by atoms with van der Waals surface area (Å²) in [5.74, 6) is -0.738. The van der Waals surface area contributed by atoms with Crippen molar-refractivity contribution in [3.63, 3.8) is 0 Å². The van der Waals surface area contributed by atoms with E-state index in [2.05, 4.69) is 0 Å². The average Bonchev–Trinajstić information content (AvgIpc) is 2.29. The van der Waals surface area contributed by atoms with Crippen molar-refractivity contribution in [1.82, 2.24) is 0 Å². The van der Waals surface area contributed by atoms with Crippen LogP contribution >= 0.6 is 7.60 Å². The monoisotopic (exact) mass is 271 g/mol. The Hall–Kier alpha value is -0.670. The van der Waals surface area contributed by atoms with Gasteiger partial charge in [-0.1, -0.05) is 23.8 Å². The zero-order valence-corrected chi connectivity index (χ0v) is 12.4. The molecule has 0 bridgehead atoms. The highest BCUT2D eigenvalue weighted by molar-refractivity contribution is 7.54. The van der Waals surface area contributed by atoms with Crippen molar-refractivity contribution in [3.8, 4) is 0 Å². The van der Waals surface area contributed by atoms with Gasteiger partial charge in [-0.3, -0.25) is 4.57 Å². The normalized spacial score (nSPS) is 13.6. The van der Waals surface area contributed by atoms with Crippen molar-refractivity contribution in [2.75, 3.05) is 13.2 Å². The van der Waals surface area contributed by atoms with Crippen molar-refractivity contribution in [2.45, 2.75) is 33.5 Å². The smallest absolute Gasteiger partial charge is 0.314 e. The van der Waals surface area contributed by atoms with Crippen LogP contribution in [0, 0.1) is 13.8 Å². The molecule has 0 aromatic heterocycles. The van der Waals surface area contributed by atoms with Gasteiger partial charge in [0.15, 0.2) is 0 Å². The minimum atomic E-state index is -3.30. The molecule has 1 aromatic rings. The first-order valence-electron chi connectivity index (χ1n) is 6.16. The molecule has 0 spiro atoms. The number of aryl methyl sites for hydroxylation is 2. The Morgan fingerprint density at radius 3 is 2.22 bits per heavy atom. The molecule has 1 aromatic carbocycles. The van der Waals surface area contributed by atoms with Crippen LogP contribution in [0.1, 0.15) is 36.3 Å². The van der Waals surface area contributed by atoms with Gasteiger partial charge in [0, 0.05) is 0 Å². The van der Waals surface area contributed by atoms with E-state index in [4.69, 9.17) is 14.8 Å². The molecular formula is C13H22NO3P. The van der Waals surface area contributed by atoms with Crippen molar-refractivity contribution < 1.29 is 13.6 Å². The van der Waals surface area contributed by atoms with E-state index < -0.39 is 13.4 Å². The topological polar surface area (TPSA) is 61.5 Å². The van der Waals surface area contributed by atoms with E-state index in [1.807, 2.05) is 32.0 Å². The molecule has 5 heteroatoms. The van der Waals surface area contributed by atoms with E-state index in [9.17, 15) is 4.57 Å². The lowest BCUT2D eigenvalue weighted by Crippen LogP contribution is -2.16. The Morgan fingerprint density at radius 1 is 1.22 bits per heavy atom. The Bertz CT molecular complexity index is 438. The number of benzene rings is 1. The molecule has 0 aliphatic carbocycles. The molecule has 0 heterocycles. The summed E-state index contributed by atoms with van der Waals surface area (Å²) in [7, 11) is -3.30. The Kier molecular flexibility index (Phi) is 5.54. The van der Waals surface area contributed by atoms with Gasteiger partial charge in [0.2, 0.25) is 0 Å². The molecule has 1 atom stereocenters. The van der Waals surface area contributed by atoms with Crippen molar-refractivity contribution in [2.24, 2.45) is 5.73 Å². The number of nitrogens with two attached hydrogens (primary N) is 1. The lowest BCUT2D eigenvalue weighted by molar-refractivity contribution is 0.212. The molecule has 0 aliphatic rings. The molecule has 0 unspecified atom stereocenters. The second kappa shape index (κ2) is 6.48. The van der Waals surface area contributed by atoms with E-state index in [1.165, 1.54) is 0 Å². The summed E-state index contributed by atoms with van der Waals surface area (Å²) in [6.07, 6.45) is 0. The van der Waals surface area contributed by atoms with Crippen LogP contribution < -0.4 is 5.73 Å². The molecule has 18 heavy (non-hydrogen) atoms. The van der Waals surface area contributed by atoms with E-state index in [0.29, 0.717) is 13.2 Å². The Morgan fingerprint density at radius 2 is 1.78 bits per heavy atom. The molecule has 0 fully saturated rings. The lowest BCUT2D eigenvalue weighted by atomic mass is 10.1. The van der Waals surface area contributed by atoms with Crippen LogP contribution in [0.15, 0.2) is 18.2 Å². The average molecular weight is 271 g/mol. The van der Waals surface area contributed by atoms with Gasteiger partial charge in [-0.05, 0) is 38.8 Å². The summed E-state index contributed by atoms with van der Waals surface area (Å²) in [6, 6.07) is 5.85. The van der Waals surface area contributed by atoms with Crippen LogP contribution in [0.5, 0.6) is 0 Å². The maximum Gasteiger partial charge on any atom is 0.351 e. The highest BCUT2D eigenvalue weighted by Gasteiger charge is 2.34. The summed E-state index contributed by atoms with van der Waals surface area (Å²) >= 11 is 0. The molecule has 1 rings (SSSR count). The molecular weight excluding hydrogens is 249 g/mol. The maximum atomic E-state index is 12.6. The van der Waals surface area contributed by atoms with Crippen molar-refractivity contribution in [1.29, 1.82) is 0 Å². The lowest BCUT2D eigenvalue weighted by Gasteiger charge is -2.24. The minimum absolute atomic E-state index is 0.315. The fourth-order valence-corrected chi connectivity index (χ4v) is 3.63. The van der Waals surface area contributed by atoms with Gasteiger partial charge in [0.1, 0.15) is 5.78 Å². The van der Waals surface area contributed by atoms with Gasteiger partial charge in [0.05, 0.1) is 13.2 Å². The molecule has 0 saturated heterocycles. The summed E-state index contributed by atoms with van der Waals surface area (Å²) in [6.45, 7) is 8.14. The largest absolute Gasteiger partial charge is 0.351 e. The summed E-state index contributed by atoms with van der Waals surface area (Å²) < 4.78 is 23.1. The van der Waals surface area contributed by atoms with Gasteiger partial charge >= 0.3 is 7.60 Å². The first-order chi connectivity index (χ1) is 8.44. The minimum Gasteiger partial charge on any atom is -0.314 e. The van der Waals surface area contributed by atoms with Crippen LogP contribution in [0.4, 0.5) is 0 Å². The molecule has 2 N–H and O–H groups in total. The standard InChI is InChI=1S/C13H22NO3P/c1-5-16-18(15,17-6-2)13(14)12-8-7-10(3)9-11(12)4/h7-9,13H,5-6,14H2,1-4H3/t13-/m0/s1. The Balaban J connectivity index is 3.09. The molecule has 4 nitrogen and oxygen atoms in total. The zero-order chi connectivity index (χ0) is 13.8. The van der Waals surface area contributed by atoms with Gasteiger partial charge < -0.3 is 14.8 Å². The van der Waals surface area contributed by atoms with E-state index >= 15 is 0 Å². The van der Waals surface area contributed by atoms with Crippen LogP contribution in [0.3, 0.4) is 0 Å². The third-order valence-electron chi connectivity index (χ3n) is 2.70. The molecule has 0 saturated carbocycles. The fourth-order valence-electron chi connectivity index (χ4n) is 1.89. The van der Waals surface area contributed by atoms with Crippen LogP contribution in [-0.4, -0.2) is 13.2 Å². The number of hydrogen-bond donors (Lipinski definition) is 1. The summed E-state index contributed by atoms with van der Waals surface area (Å²) in [5.41, 5.74) is 9.04. The SMILES string of the molecule is CCOP(=O)(OCC)[C@H](N)c1ccc(C)cc1C. The first kappa shape index (κ1) is 15.4. The predicted octanol–water partition coefficient (Wildman–Crippen LogP) is 3.53. The van der Waals surface area contributed by atoms with Gasteiger partial charge in [0.25, 0.3) is 0 Å². The summed E-state index contributed by atoms with van der Waals surface area (Å²) in [4.78, 5) is 0. The molecule has 102 valence electrons. The fraction of sp³-hybridized carbons (Fsp3) is 0.538. The number of rotatable bonds is 6. The van der Waals surface area contributed by atoms with Gasteiger partial charge in [-0.2, -0.15) is 0 Å². The number of hydrogen-bond acceptors (Lipinski definition) is 4. The van der Waals surface area contributed by atoms with Crippen LogP contribution in [-0.2, 0) is 13.6 Å². The Labute approximate surface area is 109 Å². The van der Waals surface area contributed by atoms with Crippen LogP contribution in [0.2, 0.25) is 0 Å². The zero-order valence-electron chi connectivity index (χ0n) is 11.5. The second-order valence-electron chi connectivity index (χ2n) is 4.18. The molecule has 0 radical (unpaired) electrons. The second-order valence-corrected chi connectivity index (χ2v) is 6.33. The predicted molar refractivity (Wildman–Crippen MR) is 73.7 cm³/mol. The van der Waals surface area contributed by atoms with Gasteiger partial charge in [-0.25, -0.2) is 0 Å².